The van der Waals surface area contributed by atoms with E-state index in [-0.39, 0.29) is 24.0 Å². The molecular formula is C35H35N13O3. The van der Waals surface area contributed by atoms with Gasteiger partial charge in [-0.3, -0.25) is 33.6 Å². The summed E-state index contributed by atoms with van der Waals surface area (Å²) in [6, 6.07) is 10.5. The highest BCUT2D eigenvalue weighted by atomic mass is 16.2. The molecule has 7 aromatic rings. The van der Waals surface area contributed by atoms with Gasteiger partial charge in [0.25, 0.3) is 5.91 Å². The van der Waals surface area contributed by atoms with Crippen molar-refractivity contribution < 1.29 is 14.4 Å². The SMILES string of the molecule is CCn1nc(C)cc1C(=O)Nc1nc2cc(C(N)=O)cnc2n1C/C=C/Cn1c2ccc(C(N)=O)cc2c2cnc(-c3cc(C)nn3CC)nc21. The van der Waals surface area contributed by atoms with Crippen molar-refractivity contribution in [2.24, 2.45) is 11.5 Å². The highest BCUT2D eigenvalue weighted by Gasteiger charge is 2.20. The molecule has 1 aromatic carbocycles. The zero-order valence-corrected chi connectivity index (χ0v) is 28.5. The predicted molar refractivity (Wildman–Crippen MR) is 191 cm³/mol. The molecule has 0 saturated carbocycles. The van der Waals surface area contributed by atoms with E-state index in [2.05, 4.69) is 30.5 Å². The van der Waals surface area contributed by atoms with Crippen LogP contribution in [0.15, 0.2) is 60.9 Å². The first-order chi connectivity index (χ1) is 24.6. The third kappa shape index (κ3) is 5.96. The number of nitrogens with zero attached hydrogens (tertiary/aromatic N) is 10. The number of carbonyl (C=O) groups is 3. The van der Waals surface area contributed by atoms with Crippen LogP contribution in [0.4, 0.5) is 5.95 Å². The van der Waals surface area contributed by atoms with E-state index in [4.69, 9.17) is 16.5 Å². The molecule has 7 rings (SSSR count). The first-order valence-corrected chi connectivity index (χ1v) is 16.4. The molecule has 0 unspecified atom stereocenters. The fourth-order valence-corrected chi connectivity index (χ4v) is 6.21. The summed E-state index contributed by atoms with van der Waals surface area (Å²) in [6.45, 7) is 9.51. The zero-order chi connectivity index (χ0) is 36.0. The summed E-state index contributed by atoms with van der Waals surface area (Å²) in [5, 5.41) is 13.4. The van der Waals surface area contributed by atoms with E-state index in [0.717, 1.165) is 27.7 Å². The Labute approximate surface area is 290 Å². The second-order valence-electron chi connectivity index (χ2n) is 12.0. The van der Waals surface area contributed by atoms with Crippen molar-refractivity contribution in [3.05, 3.63) is 89.2 Å². The average molecular weight is 686 g/mol. The van der Waals surface area contributed by atoms with Crippen LogP contribution in [0, 0.1) is 13.8 Å². The van der Waals surface area contributed by atoms with Gasteiger partial charge in [-0.25, -0.2) is 19.9 Å². The molecule has 0 aliphatic carbocycles. The van der Waals surface area contributed by atoms with E-state index in [1.165, 1.54) is 6.20 Å². The molecule has 0 aliphatic heterocycles. The minimum absolute atomic E-state index is 0.199. The fraction of sp³-hybridized carbons (Fsp3) is 0.229. The van der Waals surface area contributed by atoms with Gasteiger partial charge in [-0.2, -0.15) is 10.2 Å². The number of benzene rings is 1. The largest absolute Gasteiger partial charge is 0.366 e. The van der Waals surface area contributed by atoms with Gasteiger partial charge in [-0.05, 0) is 64.1 Å². The number of anilines is 1. The first-order valence-electron chi connectivity index (χ1n) is 16.4. The predicted octanol–water partition coefficient (Wildman–Crippen LogP) is 3.75. The van der Waals surface area contributed by atoms with Gasteiger partial charge in [0.05, 0.1) is 22.5 Å². The highest BCUT2D eigenvalue weighted by molar-refractivity contribution is 6.09. The van der Waals surface area contributed by atoms with E-state index in [0.29, 0.717) is 59.2 Å². The molecule has 6 aromatic heterocycles. The molecule has 5 N–H and O–H groups in total. The number of imidazole rings is 1. The lowest BCUT2D eigenvalue weighted by atomic mass is 10.1. The molecule has 0 fully saturated rings. The van der Waals surface area contributed by atoms with Gasteiger partial charge in [-0.1, -0.05) is 12.2 Å². The Morgan fingerprint density at radius 2 is 1.47 bits per heavy atom. The Kier molecular flexibility index (Phi) is 8.34. The molecule has 0 atom stereocenters. The van der Waals surface area contributed by atoms with Crippen LogP contribution in [0.3, 0.4) is 0 Å². The first kappa shape index (κ1) is 32.8. The van der Waals surface area contributed by atoms with Crippen molar-refractivity contribution in [3.63, 3.8) is 0 Å². The van der Waals surface area contributed by atoms with Crippen LogP contribution < -0.4 is 16.8 Å². The number of nitrogens with two attached hydrogens (primary N) is 2. The number of carbonyl (C=O) groups excluding carboxylic acids is 3. The van der Waals surface area contributed by atoms with Gasteiger partial charge in [-0.15, -0.1) is 0 Å². The number of pyridine rings is 1. The maximum Gasteiger partial charge on any atom is 0.276 e. The van der Waals surface area contributed by atoms with Crippen LogP contribution in [0.1, 0.15) is 56.4 Å². The summed E-state index contributed by atoms with van der Waals surface area (Å²) in [5.41, 5.74) is 16.8. The summed E-state index contributed by atoms with van der Waals surface area (Å²) >= 11 is 0. The molecule has 0 saturated heterocycles. The summed E-state index contributed by atoms with van der Waals surface area (Å²) in [4.78, 5) is 56.1. The van der Waals surface area contributed by atoms with Gasteiger partial charge >= 0.3 is 0 Å². The molecule has 0 bridgehead atoms. The van der Waals surface area contributed by atoms with Crippen molar-refractivity contribution in [1.29, 1.82) is 0 Å². The number of hydrogen-bond donors (Lipinski definition) is 3. The lowest BCUT2D eigenvalue weighted by Gasteiger charge is -2.09. The number of primary amides is 2. The Morgan fingerprint density at radius 3 is 2.20 bits per heavy atom. The summed E-state index contributed by atoms with van der Waals surface area (Å²) in [7, 11) is 0. The summed E-state index contributed by atoms with van der Waals surface area (Å²) in [5.74, 6) is -0.782. The summed E-state index contributed by atoms with van der Waals surface area (Å²) in [6.07, 6.45) is 7.04. The number of amides is 3. The highest BCUT2D eigenvalue weighted by Crippen LogP contribution is 2.30. The number of fused-ring (bicyclic) bond motifs is 4. The van der Waals surface area contributed by atoms with E-state index in [1.54, 1.807) is 39.7 Å². The monoisotopic (exact) mass is 685 g/mol. The van der Waals surface area contributed by atoms with Crippen molar-refractivity contribution in [2.45, 2.75) is 53.9 Å². The van der Waals surface area contributed by atoms with Crippen LogP contribution in [0.25, 0.3) is 44.6 Å². The lowest BCUT2D eigenvalue weighted by Crippen LogP contribution is -2.20. The standard InChI is InChI=1S/C35H35N13O3/c1-5-47-27(13-19(3)43-47)31-38-18-24-23-15-21(29(36)49)9-10-26(23)45(32(24)41-31)11-7-8-12-46-33-25(16-22(17-39-33)30(37)50)40-35(46)42-34(51)28-14-20(4)44-48(28)6-2/h7-10,13-18H,5-6,11-12H2,1-4H3,(H2,36,49)(H2,37,50)(H,40,42,51)/b8-7+. The third-order valence-corrected chi connectivity index (χ3v) is 8.59. The van der Waals surface area contributed by atoms with Crippen molar-refractivity contribution in [1.82, 2.24) is 48.6 Å². The third-order valence-electron chi connectivity index (χ3n) is 8.59. The molecular weight excluding hydrogens is 650 g/mol. The van der Waals surface area contributed by atoms with Crippen LogP contribution in [0.5, 0.6) is 0 Å². The molecule has 0 spiro atoms. The number of nitrogens with one attached hydrogen (secondary N) is 1. The van der Waals surface area contributed by atoms with E-state index >= 15 is 0 Å². The molecule has 6 heterocycles. The maximum atomic E-state index is 13.4. The molecule has 16 heteroatoms. The average Bonchev–Trinajstić information content (AvgIpc) is 3.87. The Bertz CT molecular complexity index is 2550. The Morgan fingerprint density at radius 1 is 0.765 bits per heavy atom. The zero-order valence-electron chi connectivity index (χ0n) is 28.5. The fourth-order valence-electron chi connectivity index (χ4n) is 6.21. The topological polar surface area (TPSA) is 212 Å². The van der Waals surface area contributed by atoms with E-state index in [1.807, 2.05) is 61.2 Å². The van der Waals surface area contributed by atoms with Gasteiger partial charge in [0.2, 0.25) is 17.8 Å². The molecule has 51 heavy (non-hydrogen) atoms. The number of aromatic nitrogens is 10. The second-order valence-corrected chi connectivity index (χ2v) is 12.0. The van der Waals surface area contributed by atoms with Crippen LogP contribution in [0.2, 0.25) is 0 Å². The van der Waals surface area contributed by atoms with Crippen LogP contribution in [-0.2, 0) is 26.2 Å². The Hall–Kier alpha value is -6.71. The van der Waals surface area contributed by atoms with Gasteiger partial charge in [0.1, 0.15) is 22.6 Å². The minimum Gasteiger partial charge on any atom is -0.366 e. The number of aryl methyl sites for hydroxylation is 4. The molecule has 0 radical (unpaired) electrons. The number of allylic oxidation sites excluding steroid dienone is 2. The van der Waals surface area contributed by atoms with Gasteiger partial charge < -0.3 is 16.0 Å². The Balaban J connectivity index is 1.26. The number of rotatable bonds is 11. The van der Waals surface area contributed by atoms with E-state index in [9.17, 15) is 14.4 Å². The lowest BCUT2D eigenvalue weighted by molar-refractivity contribution is 0.0992. The summed E-state index contributed by atoms with van der Waals surface area (Å²) < 4.78 is 7.26. The van der Waals surface area contributed by atoms with Crippen LogP contribution in [-0.4, -0.2) is 66.4 Å². The smallest absolute Gasteiger partial charge is 0.276 e. The molecule has 3 amide bonds. The molecule has 258 valence electrons. The minimum atomic E-state index is -0.637. The molecule has 0 aliphatic rings. The van der Waals surface area contributed by atoms with Gasteiger partial charge in [0.15, 0.2) is 11.5 Å². The van der Waals surface area contributed by atoms with Crippen molar-refractivity contribution in [2.75, 3.05) is 5.32 Å². The van der Waals surface area contributed by atoms with Gasteiger partial charge in [0, 0.05) is 54.9 Å². The normalized spacial score (nSPS) is 11.8. The van der Waals surface area contributed by atoms with Crippen LogP contribution >= 0.6 is 0 Å². The molecule has 16 nitrogen and oxygen atoms in total. The van der Waals surface area contributed by atoms with Crippen molar-refractivity contribution >= 4 is 56.8 Å². The quantitative estimate of drug-likeness (QED) is 0.169. The van der Waals surface area contributed by atoms with Crippen molar-refractivity contribution in [3.8, 4) is 11.5 Å². The van der Waals surface area contributed by atoms with E-state index < -0.39 is 11.8 Å². The second kappa shape index (κ2) is 13.0. The maximum absolute atomic E-state index is 13.4. The number of hydrogen-bond acceptors (Lipinski definition) is 9.